The van der Waals surface area contributed by atoms with Crippen LogP contribution in [-0.2, 0) is 4.79 Å². The Morgan fingerprint density at radius 1 is 1.16 bits per heavy atom. The number of hydrogen-bond donors (Lipinski definition) is 3. The van der Waals surface area contributed by atoms with E-state index in [1.807, 2.05) is 5.01 Å². The molecule has 0 spiro atoms. The minimum atomic E-state index is -0.760. The number of hydrazine groups is 1. The number of carbonyl (C=O) groups is 2. The zero-order valence-corrected chi connectivity index (χ0v) is 11.3. The molecule has 1 aliphatic carbocycles. The lowest BCUT2D eigenvalue weighted by Gasteiger charge is -2.32. The van der Waals surface area contributed by atoms with Gasteiger partial charge in [0.2, 0.25) is 0 Å². The summed E-state index contributed by atoms with van der Waals surface area (Å²) >= 11 is 0. The topological polar surface area (TPSA) is 84.9 Å². The molecule has 1 aliphatic heterocycles. The molecule has 0 bridgehead atoms. The van der Waals surface area contributed by atoms with Crippen molar-refractivity contribution in [2.24, 2.45) is 5.92 Å². The Morgan fingerprint density at radius 3 is 2.42 bits per heavy atom. The Labute approximate surface area is 112 Å². The van der Waals surface area contributed by atoms with E-state index in [-0.39, 0.29) is 18.0 Å². The second-order valence-corrected chi connectivity index (χ2v) is 5.42. The summed E-state index contributed by atoms with van der Waals surface area (Å²) in [6, 6.07) is -0.242. The molecular formula is C12H22N4O3. The van der Waals surface area contributed by atoms with Gasteiger partial charge in [-0.3, -0.25) is 10.2 Å². The molecule has 2 fully saturated rings. The molecule has 1 saturated heterocycles. The second-order valence-electron chi connectivity index (χ2n) is 5.42. The van der Waals surface area contributed by atoms with Gasteiger partial charge in [0.15, 0.2) is 0 Å². The van der Waals surface area contributed by atoms with E-state index in [9.17, 15) is 9.59 Å². The molecule has 0 aromatic carbocycles. The van der Waals surface area contributed by atoms with Crippen LogP contribution in [0.2, 0.25) is 0 Å². The first-order chi connectivity index (χ1) is 9.04. The van der Waals surface area contributed by atoms with Gasteiger partial charge < -0.3 is 15.3 Å². The molecule has 0 aromatic rings. The van der Waals surface area contributed by atoms with Crippen LogP contribution in [0.1, 0.15) is 19.3 Å². The summed E-state index contributed by atoms with van der Waals surface area (Å²) in [7, 11) is 2.06. The maximum atomic E-state index is 11.8. The van der Waals surface area contributed by atoms with Crippen LogP contribution in [0.5, 0.6) is 0 Å². The van der Waals surface area contributed by atoms with Crippen LogP contribution in [-0.4, -0.2) is 66.3 Å². The summed E-state index contributed by atoms with van der Waals surface area (Å²) in [5.41, 5.74) is 2.82. The predicted octanol–water partition coefficient (Wildman–Crippen LogP) is -0.299. The highest BCUT2D eigenvalue weighted by Crippen LogP contribution is 2.25. The van der Waals surface area contributed by atoms with Crippen molar-refractivity contribution < 1.29 is 14.7 Å². The smallest absolute Gasteiger partial charge is 0.329 e. The van der Waals surface area contributed by atoms with E-state index >= 15 is 0 Å². The number of piperazine rings is 1. The highest BCUT2D eigenvalue weighted by Gasteiger charge is 2.30. The molecule has 19 heavy (non-hydrogen) atoms. The van der Waals surface area contributed by atoms with Gasteiger partial charge in [-0.1, -0.05) is 0 Å². The van der Waals surface area contributed by atoms with Crippen LogP contribution in [0.25, 0.3) is 0 Å². The molecule has 0 radical (unpaired) electrons. The monoisotopic (exact) mass is 270 g/mol. The van der Waals surface area contributed by atoms with Gasteiger partial charge in [-0.15, -0.1) is 0 Å². The number of hydrogen-bond acceptors (Lipinski definition) is 4. The van der Waals surface area contributed by atoms with Crippen LogP contribution in [0, 0.1) is 5.92 Å². The number of likely N-dealkylation sites (N-methyl/N-ethyl adjacent to an activating group) is 1. The van der Waals surface area contributed by atoms with Gasteiger partial charge in [-0.25, -0.2) is 9.80 Å². The molecule has 2 amide bonds. The number of nitrogens with zero attached hydrogens (tertiary/aromatic N) is 2. The van der Waals surface area contributed by atoms with Crippen LogP contribution < -0.4 is 10.7 Å². The second kappa shape index (κ2) is 6.21. The van der Waals surface area contributed by atoms with Crippen molar-refractivity contribution in [3.05, 3.63) is 0 Å². The number of aliphatic carboxylic acids is 1. The Balaban J connectivity index is 1.69. The SMILES string of the molecule is CN1CCN(NC(=O)NC2CCC(C(=O)O)C2)CC1. The average Bonchev–Trinajstić information content (AvgIpc) is 2.80. The van der Waals surface area contributed by atoms with Crippen LogP contribution in [0.3, 0.4) is 0 Å². The van der Waals surface area contributed by atoms with Crippen LogP contribution in [0.4, 0.5) is 4.79 Å². The van der Waals surface area contributed by atoms with Crippen molar-refractivity contribution >= 4 is 12.0 Å². The van der Waals surface area contributed by atoms with E-state index in [0.717, 1.165) is 32.6 Å². The van der Waals surface area contributed by atoms with Gasteiger partial charge in [0.25, 0.3) is 0 Å². The Morgan fingerprint density at radius 2 is 1.84 bits per heavy atom. The van der Waals surface area contributed by atoms with Gasteiger partial charge in [0, 0.05) is 32.2 Å². The highest BCUT2D eigenvalue weighted by molar-refractivity contribution is 5.74. The van der Waals surface area contributed by atoms with Gasteiger partial charge >= 0.3 is 12.0 Å². The van der Waals surface area contributed by atoms with Gasteiger partial charge in [-0.05, 0) is 26.3 Å². The van der Waals surface area contributed by atoms with E-state index in [4.69, 9.17) is 5.11 Å². The normalized spacial score (nSPS) is 29.1. The number of carbonyl (C=O) groups excluding carboxylic acids is 1. The van der Waals surface area contributed by atoms with Crippen molar-refractivity contribution in [1.82, 2.24) is 20.7 Å². The zero-order chi connectivity index (χ0) is 13.8. The summed E-state index contributed by atoms with van der Waals surface area (Å²) in [6.07, 6.45) is 1.92. The first-order valence-electron chi connectivity index (χ1n) is 6.78. The molecule has 108 valence electrons. The fraction of sp³-hybridized carbons (Fsp3) is 0.833. The van der Waals surface area contributed by atoms with Crippen LogP contribution >= 0.6 is 0 Å². The number of carboxylic acids is 1. The van der Waals surface area contributed by atoms with E-state index in [1.54, 1.807) is 0 Å². The number of urea groups is 1. The third-order valence-electron chi connectivity index (χ3n) is 3.88. The number of amides is 2. The van der Waals surface area contributed by atoms with Gasteiger partial charge in [0.05, 0.1) is 5.92 Å². The quantitative estimate of drug-likeness (QED) is 0.656. The van der Waals surface area contributed by atoms with Crippen molar-refractivity contribution in [1.29, 1.82) is 0 Å². The minimum Gasteiger partial charge on any atom is -0.481 e. The van der Waals surface area contributed by atoms with E-state index in [2.05, 4.69) is 22.7 Å². The minimum absolute atomic E-state index is 0.0198. The molecule has 2 rings (SSSR count). The van der Waals surface area contributed by atoms with E-state index in [1.165, 1.54) is 0 Å². The van der Waals surface area contributed by atoms with Crippen molar-refractivity contribution in [3.63, 3.8) is 0 Å². The number of rotatable bonds is 3. The zero-order valence-electron chi connectivity index (χ0n) is 11.3. The van der Waals surface area contributed by atoms with Gasteiger partial charge in [0.1, 0.15) is 0 Å². The van der Waals surface area contributed by atoms with Gasteiger partial charge in [-0.2, -0.15) is 0 Å². The average molecular weight is 270 g/mol. The third kappa shape index (κ3) is 4.07. The predicted molar refractivity (Wildman–Crippen MR) is 69.5 cm³/mol. The molecule has 7 nitrogen and oxygen atoms in total. The van der Waals surface area contributed by atoms with E-state index in [0.29, 0.717) is 12.8 Å². The summed E-state index contributed by atoms with van der Waals surface area (Å²) in [6.45, 7) is 3.49. The highest BCUT2D eigenvalue weighted by atomic mass is 16.4. The maximum Gasteiger partial charge on any atom is 0.329 e. The maximum absolute atomic E-state index is 11.8. The van der Waals surface area contributed by atoms with E-state index < -0.39 is 5.97 Å². The summed E-state index contributed by atoms with van der Waals surface area (Å²) in [4.78, 5) is 24.9. The summed E-state index contributed by atoms with van der Waals surface area (Å²) in [5, 5.41) is 13.7. The van der Waals surface area contributed by atoms with Crippen molar-refractivity contribution in [2.45, 2.75) is 25.3 Å². The molecule has 1 saturated carbocycles. The molecule has 1 heterocycles. The lowest BCUT2D eigenvalue weighted by atomic mass is 10.1. The first kappa shape index (κ1) is 14.1. The molecule has 7 heteroatoms. The summed E-state index contributed by atoms with van der Waals surface area (Å²) in [5.74, 6) is -1.07. The molecule has 2 aliphatic rings. The molecule has 3 N–H and O–H groups in total. The third-order valence-corrected chi connectivity index (χ3v) is 3.88. The fourth-order valence-electron chi connectivity index (χ4n) is 2.62. The molecular weight excluding hydrogens is 248 g/mol. The first-order valence-corrected chi connectivity index (χ1v) is 6.78. The summed E-state index contributed by atoms with van der Waals surface area (Å²) < 4.78 is 0. The largest absolute Gasteiger partial charge is 0.481 e. The molecule has 2 unspecified atom stereocenters. The van der Waals surface area contributed by atoms with Crippen molar-refractivity contribution in [2.75, 3.05) is 33.2 Å². The fourth-order valence-corrected chi connectivity index (χ4v) is 2.62. The van der Waals surface area contributed by atoms with Crippen molar-refractivity contribution in [3.8, 4) is 0 Å². The Bertz CT molecular complexity index is 342. The lowest BCUT2D eigenvalue weighted by molar-refractivity contribution is -0.141. The Kier molecular flexibility index (Phi) is 4.60. The van der Waals surface area contributed by atoms with Crippen LogP contribution in [0.15, 0.2) is 0 Å². The number of nitrogens with one attached hydrogen (secondary N) is 2. The standard InChI is InChI=1S/C12H22N4O3/c1-15-4-6-16(7-5-15)14-12(19)13-10-3-2-9(8-10)11(17)18/h9-10H,2-8H2,1H3,(H,17,18)(H2,13,14,19). The molecule has 2 atom stereocenters. The number of carboxylic acid groups (broad SMARTS) is 1. The Hall–Kier alpha value is -1.34. The molecule has 0 aromatic heterocycles. The lowest BCUT2D eigenvalue weighted by Crippen LogP contribution is -2.55.